The molecule has 1 aliphatic carbocycles. The quantitative estimate of drug-likeness (QED) is 0.661. The van der Waals surface area contributed by atoms with Gasteiger partial charge in [0.05, 0.1) is 18.8 Å². The van der Waals surface area contributed by atoms with Gasteiger partial charge in [0, 0.05) is 16.1 Å². The van der Waals surface area contributed by atoms with Gasteiger partial charge in [-0.1, -0.05) is 0 Å². The number of benzene rings is 2. The Balaban J connectivity index is 1.77. The Labute approximate surface area is 163 Å². The Hall–Kier alpha value is -2.67. The molecule has 0 unspecified atom stereocenters. The third kappa shape index (κ3) is 4.54. The molecule has 2 amide bonds. The number of methoxy groups -OCH3 is 1. The van der Waals surface area contributed by atoms with Gasteiger partial charge in [-0.05, 0) is 62.1 Å². The molecule has 3 N–H and O–H groups in total. The van der Waals surface area contributed by atoms with E-state index in [1.54, 1.807) is 37.4 Å². The number of thiol groups is 1. The van der Waals surface area contributed by atoms with Gasteiger partial charge in [0.15, 0.2) is 11.5 Å². The van der Waals surface area contributed by atoms with Crippen LogP contribution in [0.5, 0.6) is 11.5 Å². The molecule has 3 rings (SSSR count). The zero-order valence-electron chi connectivity index (χ0n) is 15.0. The first kappa shape index (κ1) is 19.1. The molecule has 27 heavy (non-hydrogen) atoms. The summed E-state index contributed by atoms with van der Waals surface area (Å²) in [5.74, 6) is 0.299. The van der Waals surface area contributed by atoms with E-state index < -0.39 is 5.91 Å². The fourth-order valence-electron chi connectivity index (χ4n) is 3.12. The molecule has 0 aliphatic heterocycles. The number of rotatable bonds is 6. The third-order valence-corrected chi connectivity index (χ3v) is 4.91. The molecular formula is C20H22N2O4S. The van der Waals surface area contributed by atoms with Crippen LogP contribution in [-0.2, 0) is 0 Å². The van der Waals surface area contributed by atoms with E-state index in [1.165, 1.54) is 6.07 Å². The predicted molar refractivity (Wildman–Crippen MR) is 106 cm³/mol. The summed E-state index contributed by atoms with van der Waals surface area (Å²) < 4.78 is 11.4. The van der Waals surface area contributed by atoms with E-state index in [-0.39, 0.29) is 12.0 Å². The van der Waals surface area contributed by atoms with E-state index in [4.69, 9.17) is 15.2 Å². The normalized spacial score (nSPS) is 14.0. The van der Waals surface area contributed by atoms with Crippen molar-refractivity contribution >= 4 is 30.1 Å². The van der Waals surface area contributed by atoms with Crippen LogP contribution in [-0.4, -0.2) is 25.0 Å². The third-order valence-electron chi connectivity index (χ3n) is 4.54. The monoisotopic (exact) mass is 386 g/mol. The molecule has 0 spiro atoms. The van der Waals surface area contributed by atoms with Crippen LogP contribution >= 0.6 is 12.6 Å². The average Bonchev–Trinajstić information content (AvgIpc) is 3.14. The lowest BCUT2D eigenvalue weighted by Gasteiger charge is -2.17. The molecule has 7 heteroatoms. The average molecular weight is 386 g/mol. The minimum atomic E-state index is -0.568. The van der Waals surface area contributed by atoms with Crippen molar-refractivity contribution in [1.29, 1.82) is 0 Å². The van der Waals surface area contributed by atoms with Gasteiger partial charge in [0.25, 0.3) is 5.91 Å². The van der Waals surface area contributed by atoms with Gasteiger partial charge in [0.1, 0.15) is 0 Å². The zero-order chi connectivity index (χ0) is 19.4. The van der Waals surface area contributed by atoms with E-state index in [2.05, 4.69) is 17.9 Å². The molecule has 1 aliphatic rings. The minimum Gasteiger partial charge on any atom is -0.493 e. The summed E-state index contributed by atoms with van der Waals surface area (Å²) in [7, 11) is 1.57. The highest BCUT2D eigenvalue weighted by Crippen LogP contribution is 2.32. The van der Waals surface area contributed by atoms with Crippen LogP contribution in [0, 0.1) is 0 Å². The molecule has 0 saturated heterocycles. The SMILES string of the molecule is COc1ccc(C(=O)Nc2ccc(C(N)=O)c(S)c2)cc1OC1CCCC1. The topological polar surface area (TPSA) is 90.6 Å². The van der Waals surface area contributed by atoms with Gasteiger partial charge in [-0.25, -0.2) is 0 Å². The highest BCUT2D eigenvalue weighted by atomic mass is 32.1. The van der Waals surface area contributed by atoms with Gasteiger partial charge in [-0.2, -0.15) is 0 Å². The Morgan fingerprint density at radius 1 is 1.11 bits per heavy atom. The van der Waals surface area contributed by atoms with E-state index in [0.29, 0.717) is 33.2 Å². The van der Waals surface area contributed by atoms with Crippen molar-refractivity contribution in [3.63, 3.8) is 0 Å². The van der Waals surface area contributed by atoms with E-state index in [1.807, 2.05) is 0 Å². The lowest BCUT2D eigenvalue weighted by molar-refractivity contribution is 0.0996. The fourth-order valence-corrected chi connectivity index (χ4v) is 3.44. The van der Waals surface area contributed by atoms with Gasteiger partial charge in [-0.3, -0.25) is 9.59 Å². The van der Waals surface area contributed by atoms with Crippen molar-refractivity contribution in [2.45, 2.75) is 36.7 Å². The summed E-state index contributed by atoms with van der Waals surface area (Å²) in [6.45, 7) is 0. The van der Waals surface area contributed by atoms with Crippen LogP contribution in [0.25, 0.3) is 0 Å². The highest BCUT2D eigenvalue weighted by Gasteiger charge is 2.20. The van der Waals surface area contributed by atoms with Crippen molar-refractivity contribution in [3.8, 4) is 11.5 Å². The Morgan fingerprint density at radius 2 is 1.85 bits per heavy atom. The molecule has 142 valence electrons. The van der Waals surface area contributed by atoms with Crippen molar-refractivity contribution in [1.82, 2.24) is 0 Å². The van der Waals surface area contributed by atoms with Crippen LogP contribution in [0.4, 0.5) is 5.69 Å². The van der Waals surface area contributed by atoms with Gasteiger partial charge < -0.3 is 20.5 Å². The van der Waals surface area contributed by atoms with Crippen LogP contribution < -0.4 is 20.5 Å². The number of nitrogens with one attached hydrogen (secondary N) is 1. The second kappa shape index (κ2) is 8.35. The second-order valence-electron chi connectivity index (χ2n) is 6.44. The summed E-state index contributed by atoms with van der Waals surface area (Å²) in [5, 5.41) is 2.79. The fraction of sp³-hybridized carbons (Fsp3) is 0.300. The smallest absolute Gasteiger partial charge is 0.255 e. The van der Waals surface area contributed by atoms with Crippen LogP contribution in [0.2, 0.25) is 0 Å². The summed E-state index contributed by atoms with van der Waals surface area (Å²) in [5.41, 5.74) is 6.53. The van der Waals surface area contributed by atoms with Crippen LogP contribution in [0.3, 0.4) is 0 Å². The minimum absolute atomic E-state index is 0.158. The summed E-state index contributed by atoms with van der Waals surface area (Å²) in [6, 6.07) is 9.81. The zero-order valence-corrected chi connectivity index (χ0v) is 15.9. The molecule has 0 atom stereocenters. The summed E-state index contributed by atoms with van der Waals surface area (Å²) >= 11 is 4.24. The van der Waals surface area contributed by atoms with Crippen molar-refractivity contribution in [2.24, 2.45) is 5.73 Å². The van der Waals surface area contributed by atoms with E-state index in [0.717, 1.165) is 25.7 Å². The molecule has 2 aromatic rings. The second-order valence-corrected chi connectivity index (χ2v) is 6.92. The standard InChI is InChI=1S/C20H22N2O4S/c1-25-16-9-6-12(10-17(16)26-14-4-2-3-5-14)20(24)22-13-7-8-15(19(21)23)18(27)11-13/h6-11,14,27H,2-5H2,1H3,(H2,21,23)(H,22,24). The van der Waals surface area contributed by atoms with Crippen molar-refractivity contribution in [3.05, 3.63) is 47.5 Å². The number of hydrogen-bond donors (Lipinski definition) is 3. The Kier molecular flexibility index (Phi) is 5.91. The largest absolute Gasteiger partial charge is 0.493 e. The molecule has 0 aromatic heterocycles. The molecule has 1 fully saturated rings. The maximum atomic E-state index is 12.6. The number of hydrogen-bond acceptors (Lipinski definition) is 5. The van der Waals surface area contributed by atoms with E-state index in [9.17, 15) is 9.59 Å². The summed E-state index contributed by atoms with van der Waals surface area (Å²) in [6.07, 6.45) is 4.49. The van der Waals surface area contributed by atoms with E-state index >= 15 is 0 Å². The lowest BCUT2D eigenvalue weighted by atomic mass is 10.1. The Morgan fingerprint density at radius 3 is 2.48 bits per heavy atom. The molecule has 2 aromatic carbocycles. The van der Waals surface area contributed by atoms with Gasteiger partial charge in [-0.15, -0.1) is 12.6 Å². The molecule has 6 nitrogen and oxygen atoms in total. The van der Waals surface area contributed by atoms with Crippen molar-refractivity contribution < 1.29 is 19.1 Å². The molecular weight excluding hydrogens is 364 g/mol. The number of amides is 2. The number of carbonyl (C=O) groups excluding carboxylic acids is 2. The number of primary amides is 1. The van der Waals surface area contributed by atoms with Gasteiger partial charge in [0.2, 0.25) is 5.91 Å². The first-order chi connectivity index (χ1) is 13.0. The first-order valence-corrected chi connectivity index (χ1v) is 9.21. The lowest BCUT2D eigenvalue weighted by Crippen LogP contribution is -2.15. The molecule has 0 heterocycles. The molecule has 1 saturated carbocycles. The number of nitrogens with two attached hydrogens (primary N) is 1. The van der Waals surface area contributed by atoms with Crippen LogP contribution in [0.15, 0.2) is 41.3 Å². The summed E-state index contributed by atoms with van der Waals surface area (Å²) in [4.78, 5) is 24.3. The number of ether oxygens (including phenoxy) is 2. The first-order valence-electron chi connectivity index (χ1n) is 8.77. The predicted octanol–water partition coefficient (Wildman–Crippen LogP) is 3.66. The molecule has 0 bridgehead atoms. The Bertz CT molecular complexity index is 863. The molecule has 0 radical (unpaired) electrons. The van der Waals surface area contributed by atoms with Gasteiger partial charge >= 0.3 is 0 Å². The maximum Gasteiger partial charge on any atom is 0.255 e. The number of carbonyl (C=O) groups is 2. The van der Waals surface area contributed by atoms with Crippen molar-refractivity contribution in [2.75, 3.05) is 12.4 Å². The highest BCUT2D eigenvalue weighted by molar-refractivity contribution is 7.80. The maximum absolute atomic E-state index is 12.6. The van der Waals surface area contributed by atoms with Crippen LogP contribution in [0.1, 0.15) is 46.4 Å². The number of anilines is 1.